The summed E-state index contributed by atoms with van der Waals surface area (Å²) in [4.78, 5) is 14.6. The van der Waals surface area contributed by atoms with Gasteiger partial charge in [0, 0.05) is 11.9 Å². The lowest BCUT2D eigenvalue weighted by Crippen LogP contribution is -2.47. The molecule has 5 heteroatoms. The molecule has 0 radical (unpaired) electrons. The van der Waals surface area contributed by atoms with E-state index in [1.807, 2.05) is 5.41 Å². The summed E-state index contributed by atoms with van der Waals surface area (Å²) in [5.41, 5.74) is 3.98. The molecule has 25 heavy (non-hydrogen) atoms. The molecule has 1 fully saturated rings. The minimum Gasteiger partial charge on any atom is -0.387 e. The molecule has 2 N–H and O–H groups in total. The van der Waals surface area contributed by atoms with Crippen LogP contribution >= 0.6 is 11.8 Å². The molecule has 1 saturated carbocycles. The second-order valence-corrected chi connectivity index (χ2v) is 9.05. The number of hydrogen-bond donors (Lipinski definition) is 2. The highest BCUT2D eigenvalue weighted by Crippen LogP contribution is 2.47. The second-order valence-electron chi connectivity index (χ2n) is 8.06. The van der Waals surface area contributed by atoms with Gasteiger partial charge < -0.3 is 10.4 Å². The summed E-state index contributed by atoms with van der Waals surface area (Å²) in [7, 11) is 0. The highest BCUT2D eigenvalue weighted by Gasteiger charge is 2.38. The van der Waals surface area contributed by atoms with Gasteiger partial charge in [-0.3, -0.25) is 4.90 Å². The summed E-state index contributed by atoms with van der Waals surface area (Å²) >= 11 is 1.48. The Kier molecular flexibility index (Phi) is 4.12. The van der Waals surface area contributed by atoms with E-state index in [-0.39, 0.29) is 11.4 Å². The number of carbonyl (C=O) groups is 1. The van der Waals surface area contributed by atoms with Crippen molar-refractivity contribution in [1.29, 1.82) is 0 Å². The first-order valence-corrected chi connectivity index (χ1v) is 10.1. The zero-order valence-electron chi connectivity index (χ0n) is 15.1. The Morgan fingerprint density at radius 2 is 2.12 bits per heavy atom. The quantitative estimate of drug-likeness (QED) is 0.836. The Labute approximate surface area is 153 Å². The Morgan fingerprint density at radius 1 is 1.36 bits per heavy atom. The van der Waals surface area contributed by atoms with E-state index in [0.29, 0.717) is 5.92 Å². The van der Waals surface area contributed by atoms with Gasteiger partial charge in [0.05, 0.1) is 5.60 Å². The second kappa shape index (κ2) is 6.06. The molecule has 1 aromatic rings. The van der Waals surface area contributed by atoms with Crippen molar-refractivity contribution in [2.45, 2.75) is 63.3 Å². The van der Waals surface area contributed by atoms with Crippen molar-refractivity contribution in [3.05, 3.63) is 40.4 Å². The zero-order valence-corrected chi connectivity index (χ0v) is 15.9. The number of urea groups is 1. The van der Waals surface area contributed by atoms with Crippen molar-refractivity contribution < 1.29 is 9.90 Å². The standard InChI is InChI=1S/C20H26N2O2S/c1-12(13-4-5-13)15-8-6-14-7-9-16(14)17(15)21-19(23)22-10-11-25-18(22)20(2,3)24/h6,8,10-13,18,24H,4-5,7,9H2,1-3H3,(H,21,23)/t12-,18-/m1/s1. The summed E-state index contributed by atoms with van der Waals surface area (Å²) in [5, 5.41) is 15.1. The number of thioether (sulfide) groups is 1. The third kappa shape index (κ3) is 3.08. The van der Waals surface area contributed by atoms with E-state index in [0.717, 1.165) is 24.4 Å². The fraction of sp³-hybridized carbons (Fsp3) is 0.550. The van der Waals surface area contributed by atoms with Gasteiger partial charge in [-0.15, -0.1) is 11.8 Å². The monoisotopic (exact) mass is 358 g/mol. The molecular weight excluding hydrogens is 332 g/mol. The largest absolute Gasteiger partial charge is 0.387 e. The van der Waals surface area contributed by atoms with Gasteiger partial charge >= 0.3 is 6.03 Å². The molecular formula is C20H26N2O2S. The number of rotatable bonds is 4. The number of aliphatic hydroxyl groups is 1. The number of carbonyl (C=O) groups excluding carboxylic acids is 1. The Bertz CT molecular complexity index is 734. The first kappa shape index (κ1) is 17.0. The first-order chi connectivity index (χ1) is 11.9. The summed E-state index contributed by atoms with van der Waals surface area (Å²) in [6.45, 7) is 5.76. The van der Waals surface area contributed by atoms with Gasteiger partial charge in [0.1, 0.15) is 5.37 Å². The van der Waals surface area contributed by atoms with Gasteiger partial charge in [0.25, 0.3) is 0 Å². The molecule has 2 aliphatic carbocycles. The van der Waals surface area contributed by atoms with Crippen LogP contribution in [0.25, 0.3) is 0 Å². The summed E-state index contributed by atoms with van der Waals surface area (Å²) in [6.07, 6.45) is 6.48. The number of aryl methyl sites for hydroxylation is 1. The van der Waals surface area contributed by atoms with Gasteiger partial charge in [-0.25, -0.2) is 4.79 Å². The van der Waals surface area contributed by atoms with Gasteiger partial charge in [0.2, 0.25) is 0 Å². The molecule has 1 aliphatic heterocycles. The number of anilines is 1. The Morgan fingerprint density at radius 3 is 2.72 bits per heavy atom. The van der Waals surface area contributed by atoms with Crippen LogP contribution in [-0.4, -0.2) is 27.0 Å². The lowest BCUT2D eigenvalue weighted by molar-refractivity contribution is 0.0470. The summed E-state index contributed by atoms with van der Waals surface area (Å²) in [6, 6.07) is 4.28. The predicted molar refractivity (Wildman–Crippen MR) is 103 cm³/mol. The van der Waals surface area contributed by atoms with E-state index in [2.05, 4.69) is 24.4 Å². The maximum absolute atomic E-state index is 13.0. The molecule has 0 spiro atoms. The van der Waals surface area contributed by atoms with Crippen LogP contribution in [0.3, 0.4) is 0 Å². The SMILES string of the molecule is C[C@@H](c1ccc2c(c1NC(=O)N1C=CS[C@@H]1C(C)(C)O)CC2)C1CC1. The van der Waals surface area contributed by atoms with E-state index in [1.165, 1.54) is 41.3 Å². The van der Waals surface area contributed by atoms with Gasteiger partial charge in [-0.1, -0.05) is 19.1 Å². The van der Waals surface area contributed by atoms with E-state index < -0.39 is 5.60 Å². The molecule has 3 aliphatic rings. The fourth-order valence-electron chi connectivity index (χ4n) is 3.86. The summed E-state index contributed by atoms with van der Waals surface area (Å²) < 4.78 is 0. The number of amides is 2. The molecule has 2 atom stereocenters. The minimum atomic E-state index is -0.961. The van der Waals surface area contributed by atoms with Crippen LogP contribution in [0, 0.1) is 5.92 Å². The highest BCUT2D eigenvalue weighted by atomic mass is 32.2. The predicted octanol–water partition coefficient (Wildman–Crippen LogP) is 4.45. The molecule has 0 bridgehead atoms. The topological polar surface area (TPSA) is 52.6 Å². The van der Waals surface area contributed by atoms with Crippen LogP contribution in [0.5, 0.6) is 0 Å². The van der Waals surface area contributed by atoms with Crippen LogP contribution in [-0.2, 0) is 12.8 Å². The van der Waals surface area contributed by atoms with Gasteiger partial charge in [-0.05, 0) is 73.5 Å². The molecule has 1 aromatic carbocycles. The Hall–Kier alpha value is -1.46. The molecule has 134 valence electrons. The van der Waals surface area contributed by atoms with Crippen molar-refractivity contribution in [2.24, 2.45) is 5.92 Å². The molecule has 1 heterocycles. The summed E-state index contributed by atoms with van der Waals surface area (Å²) in [5.74, 6) is 1.23. The average Bonchev–Trinajstić information content (AvgIpc) is 3.22. The number of nitrogens with zero attached hydrogens (tertiary/aromatic N) is 1. The van der Waals surface area contributed by atoms with E-state index in [1.54, 1.807) is 24.9 Å². The molecule has 0 aromatic heterocycles. The molecule has 4 rings (SSSR count). The van der Waals surface area contributed by atoms with Crippen molar-refractivity contribution in [3.63, 3.8) is 0 Å². The number of fused-ring (bicyclic) bond motifs is 1. The van der Waals surface area contributed by atoms with E-state index in [9.17, 15) is 9.90 Å². The number of nitrogens with one attached hydrogen (secondary N) is 1. The van der Waals surface area contributed by atoms with E-state index in [4.69, 9.17) is 0 Å². The average molecular weight is 359 g/mol. The first-order valence-electron chi connectivity index (χ1n) is 9.14. The Balaban J connectivity index is 1.61. The highest BCUT2D eigenvalue weighted by molar-refractivity contribution is 8.03. The maximum Gasteiger partial charge on any atom is 0.326 e. The van der Waals surface area contributed by atoms with Crippen molar-refractivity contribution in [3.8, 4) is 0 Å². The van der Waals surface area contributed by atoms with Crippen LogP contribution in [0.2, 0.25) is 0 Å². The lowest BCUT2D eigenvalue weighted by Gasteiger charge is -2.34. The van der Waals surface area contributed by atoms with Crippen molar-refractivity contribution in [1.82, 2.24) is 4.90 Å². The maximum atomic E-state index is 13.0. The lowest BCUT2D eigenvalue weighted by atomic mass is 9.82. The normalized spacial score (nSPS) is 23.2. The number of hydrogen-bond acceptors (Lipinski definition) is 3. The van der Waals surface area contributed by atoms with Gasteiger partial charge in [0.15, 0.2) is 0 Å². The van der Waals surface area contributed by atoms with Crippen LogP contribution in [0.15, 0.2) is 23.7 Å². The molecule has 4 nitrogen and oxygen atoms in total. The molecule has 2 amide bonds. The third-order valence-corrected chi connectivity index (χ3v) is 7.00. The molecule has 0 saturated heterocycles. The van der Waals surface area contributed by atoms with Crippen LogP contribution < -0.4 is 5.32 Å². The zero-order chi connectivity index (χ0) is 17.8. The number of benzene rings is 1. The van der Waals surface area contributed by atoms with E-state index >= 15 is 0 Å². The molecule has 0 unspecified atom stereocenters. The fourth-order valence-corrected chi connectivity index (χ4v) is 4.84. The minimum absolute atomic E-state index is 0.155. The van der Waals surface area contributed by atoms with Crippen LogP contribution in [0.4, 0.5) is 10.5 Å². The van der Waals surface area contributed by atoms with Crippen LogP contribution in [0.1, 0.15) is 56.2 Å². The van der Waals surface area contributed by atoms with Crippen molar-refractivity contribution >= 4 is 23.5 Å². The van der Waals surface area contributed by atoms with Gasteiger partial charge in [-0.2, -0.15) is 0 Å². The smallest absolute Gasteiger partial charge is 0.326 e. The van der Waals surface area contributed by atoms with Crippen molar-refractivity contribution in [2.75, 3.05) is 5.32 Å². The third-order valence-electron chi connectivity index (χ3n) is 5.66.